The van der Waals surface area contributed by atoms with Crippen LogP contribution in [0.3, 0.4) is 0 Å². The molecule has 4 nitrogen and oxygen atoms in total. The van der Waals surface area contributed by atoms with Crippen molar-refractivity contribution in [2.45, 2.75) is 0 Å². The number of allylic oxidation sites excluding steroid dienone is 2. The summed E-state index contributed by atoms with van der Waals surface area (Å²) in [6, 6.07) is 0. The highest BCUT2D eigenvalue weighted by atomic mass is 32.1. The van der Waals surface area contributed by atoms with E-state index in [0.29, 0.717) is 10.6 Å². The van der Waals surface area contributed by atoms with Gasteiger partial charge in [0, 0.05) is 16.7 Å². The maximum atomic E-state index is 9.81. The number of nitrogens with zero attached hydrogens (tertiary/aromatic N) is 1. The molecule has 0 radical (unpaired) electrons. The second-order valence-corrected chi connectivity index (χ2v) is 2.13. The van der Waals surface area contributed by atoms with E-state index in [4.69, 9.17) is 5.73 Å². The molecule has 0 saturated heterocycles. The van der Waals surface area contributed by atoms with Gasteiger partial charge in [-0.15, -0.1) is 12.6 Å². The van der Waals surface area contributed by atoms with E-state index in [-0.39, 0.29) is 0 Å². The Morgan fingerprint density at radius 3 is 2.64 bits per heavy atom. The van der Waals surface area contributed by atoms with Gasteiger partial charge in [0.1, 0.15) is 0 Å². The Kier molecular flexibility index (Phi) is 4.05. The van der Waals surface area contributed by atoms with Gasteiger partial charge in [-0.05, 0) is 6.08 Å². The largest absolute Gasteiger partial charge is 0.398 e. The van der Waals surface area contributed by atoms with Crippen LogP contribution in [0.1, 0.15) is 0 Å². The number of nitrogens with two attached hydrogens (primary N) is 1. The molecule has 0 aromatic rings. The molecule has 0 bridgehead atoms. The number of thiol groups is 1. The zero-order chi connectivity index (χ0) is 8.85. The van der Waals surface area contributed by atoms with Crippen molar-refractivity contribution in [3.8, 4) is 0 Å². The fourth-order valence-corrected chi connectivity index (χ4v) is 0.490. The van der Waals surface area contributed by atoms with Crippen LogP contribution in [0.15, 0.2) is 35.5 Å². The normalized spacial score (nSPS) is 12.8. The van der Waals surface area contributed by atoms with E-state index < -0.39 is 4.92 Å². The van der Waals surface area contributed by atoms with Crippen LogP contribution in [0.25, 0.3) is 0 Å². The minimum absolute atomic E-state index is 0.312. The van der Waals surface area contributed by atoms with Crippen LogP contribution in [-0.2, 0) is 0 Å². The molecule has 2 N–H and O–H groups in total. The molecule has 0 unspecified atom stereocenters. The van der Waals surface area contributed by atoms with E-state index in [1.807, 2.05) is 0 Å². The topological polar surface area (TPSA) is 69.2 Å². The molecule has 0 amide bonds. The van der Waals surface area contributed by atoms with E-state index in [9.17, 15) is 10.1 Å². The fraction of sp³-hybridized carbons (Fsp3) is 0. The van der Waals surface area contributed by atoms with Crippen LogP contribution >= 0.6 is 12.6 Å². The van der Waals surface area contributed by atoms with Gasteiger partial charge in [-0.25, -0.2) is 0 Å². The first-order valence-corrected chi connectivity index (χ1v) is 3.15. The Balaban J connectivity index is 4.38. The van der Waals surface area contributed by atoms with Crippen LogP contribution in [0.2, 0.25) is 0 Å². The molecular weight excluding hydrogens is 164 g/mol. The predicted molar refractivity (Wildman–Crippen MR) is 46.5 cm³/mol. The van der Waals surface area contributed by atoms with E-state index in [1.165, 1.54) is 12.2 Å². The van der Waals surface area contributed by atoms with Crippen LogP contribution in [0.5, 0.6) is 0 Å². The lowest BCUT2D eigenvalue weighted by Crippen LogP contribution is -1.94. The maximum Gasteiger partial charge on any atom is 0.235 e. The molecule has 0 aromatic heterocycles. The fourth-order valence-electron chi connectivity index (χ4n) is 0.332. The van der Waals surface area contributed by atoms with Crippen molar-refractivity contribution in [3.63, 3.8) is 0 Å². The van der Waals surface area contributed by atoms with Gasteiger partial charge < -0.3 is 5.73 Å². The molecule has 0 aliphatic heterocycles. The number of nitro groups is 1. The molecule has 60 valence electrons. The zero-order valence-electron chi connectivity index (χ0n) is 5.73. The second-order valence-electron chi connectivity index (χ2n) is 1.65. The molecule has 0 saturated carbocycles. The van der Waals surface area contributed by atoms with Crippen molar-refractivity contribution in [1.82, 2.24) is 0 Å². The van der Waals surface area contributed by atoms with Gasteiger partial charge in [0.2, 0.25) is 6.20 Å². The first-order chi connectivity index (χ1) is 5.07. The highest BCUT2D eigenvalue weighted by Crippen LogP contribution is 2.06. The molecule has 0 atom stereocenters. The van der Waals surface area contributed by atoms with Gasteiger partial charge >= 0.3 is 0 Å². The van der Waals surface area contributed by atoms with Crippen molar-refractivity contribution in [1.29, 1.82) is 0 Å². The summed E-state index contributed by atoms with van der Waals surface area (Å²) in [6.45, 7) is 3.37. The highest BCUT2D eigenvalue weighted by molar-refractivity contribution is 7.84. The van der Waals surface area contributed by atoms with Crippen LogP contribution < -0.4 is 5.73 Å². The Bertz CT molecular complexity index is 233. The van der Waals surface area contributed by atoms with E-state index in [2.05, 4.69) is 19.2 Å². The van der Waals surface area contributed by atoms with Crippen LogP contribution in [0, 0.1) is 10.1 Å². The van der Waals surface area contributed by atoms with Crippen molar-refractivity contribution in [2.75, 3.05) is 0 Å². The summed E-state index contributed by atoms with van der Waals surface area (Å²) in [5.74, 6) is 0. The Morgan fingerprint density at radius 2 is 2.27 bits per heavy atom. The maximum absolute atomic E-state index is 9.81. The zero-order valence-corrected chi connectivity index (χ0v) is 6.62. The van der Waals surface area contributed by atoms with Crippen molar-refractivity contribution >= 4 is 12.6 Å². The molecule has 0 aliphatic carbocycles. The smallest absolute Gasteiger partial charge is 0.235 e. The third kappa shape index (κ3) is 4.21. The first kappa shape index (κ1) is 9.77. The van der Waals surface area contributed by atoms with E-state index in [1.54, 1.807) is 0 Å². The molecule has 5 heteroatoms. The lowest BCUT2D eigenvalue weighted by molar-refractivity contribution is -0.402. The molecule has 0 aliphatic rings. The average molecular weight is 172 g/mol. The van der Waals surface area contributed by atoms with Gasteiger partial charge in [-0.2, -0.15) is 0 Å². The highest BCUT2D eigenvalue weighted by Gasteiger charge is 1.91. The quantitative estimate of drug-likeness (QED) is 0.289. The van der Waals surface area contributed by atoms with Crippen molar-refractivity contribution in [2.24, 2.45) is 5.73 Å². The van der Waals surface area contributed by atoms with Crippen molar-refractivity contribution in [3.05, 3.63) is 45.6 Å². The molecule has 0 heterocycles. The summed E-state index contributed by atoms with van der Waals surface area (Å²) in [4.78, 5) is 9.55. The summed E-state index contributed by atoms with van der Waals surface area (Å²) < 4.78 is 0. The summed E-state index contributed by atoms with van der Waals surface area (Å²) >= 11 is 3.87. The number of hydrogen-bond acceptors (Lipinski definition) is 4. The second kappa shape index (κ2) is 4.56. The molecule has 0 rings (SSSR count). The SMILES string of the molecule is C=C/C(N)=C(S)\C=C\[N+](=O)[O-]. The number of rotatable bonds is 3. The third-order valence-corrected chi connectivity index (χ3v) is 1.28. The standard InChI is InChI=1S/C6H8N2O2S/c1-2-5(7)6(11)3-4-8(9)10/h2-4,11H,1,7H2/b4-3+,6-5-. The van der Waals surface area contributed by atoms with Crippen LogP contribution in [-0.4, -0.2) is 4.92 Å². The minimum Gasteiger partial charge on any atom is -0.398 e. The third-order valence-electron chi connectivity index (χ3n) is 0.870. The van der Waals surface area contributed by atoms with Gasteiger partial charge in [0.15, 0.2) is 0 Å². The first-order valence-electron chi connectivity index (χ1n) is 2.70. The molecule has 0 spiro atoms. The van der Waals surface area contributed by atoms with Gasteiger partial charge in [0.05, 0.1) is 4.92 Å². The molecule has 11 heavy (non-hydrogen) atoms. The predicted octanol–water partition coefficient (Wildman–Crippen LogP) is 1.06. The monoisotopic (exact) mass is 172 g/mol. The summed E-state index contributed by atoms with van der Waals surface area (Å²) in [5.41, 5.74) is 5.63. The summed E-state index contributed by atoms with van der Waals surface area (Å²) in [7, 11) is 0. The van der Waals surface area contributed by atoms with E-state index in [0.717, 1.165) is 6.20 Å². The van der Waals surface area contributed by atoms with Crippen molar-refractivity contribution < 1.29 is 4.92 Å². The van der Waals surface area contributed by atoms with Gasteiger partial charge in [-0.1, -0.05) is 6.58 Å². The summed E-state index contributed by atoms with van der Waals surface area (Å²) in [6.07, 6.45) is 3.32. The molecule has 0 fully saturated rings. The molecular formula is C6H8N2O2S. The number of hydrogen-bond donors (Lipinski definition) is 2. The molecule has 0 aromatic carbocycles. The Labute approximate surface area is 69.6 Å². The van der Waals surface area contributed by atoms with Gasteiger partial charge in [-0.3, -0.25) is 10.1 Å². The van der Waals surface area contributed by atoms with Gasteiger partial charge in [0.25, 0.3) is 0 Å². The summed E-state index contributed by atoms with van der Waals surface area (Å²) in [5, 5.41) is 9.81. The minimum atomic E-state index is -0.591. The Morgan fingerprint density at radius 1 is 1.73 bits per heavy atom. The van der Waals surface area contributed by atoms with E-state index >= 15 is 0 Å². The van der Waals surface area contributed by atoms with Crippen LogP contribution in [0.4, 0.5) is 0 Å². The average Bonchev–Trinajstić information content (AvgIpc) is 1.98. The lowest BCUT2D eigenvalue weighted by Gasteiger charge is -1.92. The lowest BCUT2D eigenvalue weighted by atomic mass is 10.4. The Hall–Kier alpha value is -1.23.